The molecule has 0 bridgehead atoms. The number of carbonyl (C=O) groups is 2. The van der Waals surface area contributed by atoms with Crippen LogP contribution in [0.3, 0.4) is 0 Å². The molecule has 1 aliphatic heterocycles. The van der Waals surface area contributed by atoms with Crippen LogP contribution in [0, 0.1) is 13.8 Å². The summed E-state index contributed by atoms with van der Waals surface area (Å²) in [6.45, 7) is 4.45. The van der Waals surface area contributed by atoms with E-state index in [-0.39, 0.29) is 25.0 Å². The van der Waals surface area contributed by atoms with Crippen molar-refractivity contribution in [2.75, 3.05) is 26.8 Å². The number of carbonyl (C=O) groups excluding carboxylic acids is 2. The van der Waals surface area contributed by atoms with Crippen molar-refractivity contribution in [3.05, 3.63) is 64.1 Å². The largest absolute Gasteiger partial charge is 0.497 e. The van der Waals surface area contributed by atoms with Crippen LogP contribution in [0.4, 0.5) is 0 Å². The van der Waals surface area contributed by atoms with Gasteiger partial charge in [0.1, 0.15) is 15.8 Å². The highest BCUT2D eigenvalue weighted by molar-refractivity contribution is 8.26. The molecule has 1 fully saturated rings. The predicted octanol–water partition coefficient (Wildman–Crippen LogP) is 3.71. The van der Waals surface area contributed by atoms with Gasteiger partial charge in [0.2, 0.25) is 0 Å². The Hall–Kier alpha value is -2.84. The molecular formula is C23H24N2O4S2. The van der Waals surface area contributed by atoms with Crippen LogP contribution >= 0.6 is 24.0 Å². The predicted molar refractivity (Wildman–Crippen MR) is 127 cm³/mol. The molecule has 0 radical (unpaired) electrons. The normalized spacial score (nSPS) is 14.8. The summed E-state index contributed by atoms with van der Waals surface area (Å²) in [5.74, 6) is 0.988. The lowest BCUT2D eigenvalue weighted by Crippen LogP contribution is -2.38. The monoisotopic (exact) mass is 456 g/mol. The van der Waals surface area contributed by atoms with Crippen molar-refractivity contribution in [1.82, 2.24) is 10.2 Å². The van der Waals surface area contributed by atoms with E-state index in [9.17, 15) is 9.59 Å². The summed E-state index contributed by atoms with van der Waals surface area (Å²) in [6, 6.07) is 13.2. The van der Waals surface area contributed by atoms with Crippen molar-refractivity contribution in [2.45, 2.75) is 13.8 Å². The van der Waals surface area contributed by atoms with Gasteiger partial charge in [0, 0.05) is 13.1 Å². The van der Waals surface area contributed by atoms with Gasteiger partial charge in [-0.2, -0.15) is 0 Å². The van der Waals surface area contributed by atoms with E-state index in [2.05, 4.69) is 5.32 Å². The van der Waals surface area contributed by atoms with E-state index in [4.69, 9.17) is 21.7 Å². The summed E-state index contributed by atoms with van der Waals surface area (Å²) in [5, 5.41) is 2.77. The van der Waals surface area contributed by atoms with Crippen molar-refractivity contribution < 1.29 is 19.1 Å². The maximum atomic E-state index is 12.7. The Morgan fingerprint density at radius 2 is 2.00 bits per heavy atom. The zero-order chi connectivity index (χ0) is 22.4. The third-order valence-electron chi connectivity index (χ3n) is 4.84. The quantitative estimate of drug-likeness (QED) is 0.483. The lowest BCUT2D eigenvalue weighted by atomic mass is 10.1. The minimum atomic E-state index is -0.252. The van der Waals surface area contributed by atoms with Gasteiger partial charge in [-0.15, -0.1) is 0 Å². The summed E-state index contributed by atoms with van der Waals surface area (Å²) in [6.07, 6.45) is 1.79. The number of aryl methyl sites for hydroxylation is 1. The summed E-state index contributed by atoms with van der Waals surface area (Å²) in [7, 11) is 1.60. The molecule has 1 saturated heterocycles. The smallest absolute Gasteiger partial charge is 0.266 e. The van der Waals surface area contributed by atoms with Crippen molar-refractivity contribution in [2.24, 2.45) is 0 Å². The molecule has 162 valence electrons. The fourth-order valence-electron chi connectivity index (χ4n) is 2.96. The second-order valence-electron chi connectivity index (χ2n) is 6.95. The molecule has 0 saturated carbocycles. The van der Waals surface area contributed by atoms with E-state index >= 15 is 0 Å². The van der Waals surface area contributed by atoms with Crippen LogP contribution in [-0.4, -0.2) is 47.8 Å². The van der Waals surface area contributed by atoms with Crippen molar-refractivity contribution in [1.29, 1.82) is 0 Å². The molecule has 2 amide bonds. The maximum Gasteiger partial charge on any atom is 0.266 e. The number of nitrogens with zero attached hydrogens (tertiary/aromatic N) is 1. The fraction of sp³-hybridized carbons (Fsp3) is 0.261. The Kier molecular flexibility index (Phi) is 7.70. The first-order chi connectivity index (χ1) is 14.9. The minimum Gasteiger partial charge on any atom is -0.497 e. The molecule has 1 heterocycles. The number of benzene rings is 2. The number of methoxy groups -OCH3 is 1. The zero-order valence-electron chi connectivity index (χ0n) is 17.6. The van der Waals surface area contributed by atoms with E-state index in [1.54, 1.807) is 13.2 Å². The van der Waals surface area contributed by atoms with Crippen LogP contribution in [-0.2, 0) is 9.59 Å². The average Bonchev–Trinajstić information content (AvgIpc) is 3.02. The topological polar surface area (TPSA) is 67.9 Å². The fourth-order valence-corrected chi connectivity index (χ4v) is 4.27. The molecule has 1 N–H and O–H groups in total. The number of nitrogens with one attached hydrogen (secondary N) is 1. The first-order valence-corrected chi connectivity index (χ1v) is 11.0. The molecule has 0 atom stereocenters. The van der Waals surface area contributed by atoms with Crippen LogP contribution in [0.25, 0.3) is 6.08 Å². The molecule has 2 aromatic rings. The van der Waals surface area contributed by atoms with Gasteiger partial charge in [-0.05, 0) is 54.8 Å². The van der Waals surface area contributed by atoms with Gasteiger partial charge in [-0.25, -0.2) is 0 Å². The molecule has 0 aliphatic carbocycles. The Morgan fingerprint density at radius 3 is 2.77 bits per heavy atom. The summed E-state index contributed by atoms with van der Waals surface area (Å²) in [5.41, 5.74) is 2.97. The Morgan fingerprint density at radius 1 is 1.23 bits per heavy atom. The summed E-state index contributed by atoms with van der Waals surface area (Å²) in [4.78, 5) is 26.9. The molecule has 8 heteroatoms. The van der Waals surface area contributed by atoms with Gasteiger partial charge in [0.25, 0.3) is 11.8 Å². The van der Waals surface area contributed by atoms with Gasteiger partial charge >= 0.3 is 0 Å². The number of ether oxygens (including phenoxy) is 2. The van der Waals surface area contributed by atoms with Gasteiger partial charge in [0.05, 0.1) is 12.0 Å². The van der Waals surface area contributed by atoms with Crippen molar-refractivity contribution in [3.63, 3.8) is 0 Å². The summed E-state index contributed by atoms with van der Waals surface area (Å²) < 4.78 is 11.3. The number of rotatable bonds is 8. The van der Waals surface area contributed by atoms with Gasteiger partial charge < -0.3 is 14.8 Å². The Labute approximate surface area is 191 Å². The van der Waals surface area contributed by atoms with Crippen LogP contribution in [0.1, 0.15) is 16.7 Å². The average molecular weight is 457 g/mol. The van der Waals surface area contributed by atoms with Gasteiger partial charge in [-0.1, -0.05) is 48.2 Å². The highest BCUT2D eigenvalue weighted by Crippen LogP contribution is 2.32. The lowest BCUT2D eigenvalue weighted by Gasteiger charge is -2.15. The molecule has 6 nitrogen and oxygen atoms in total. The van der Waals surface area contributed by atoms with E-state index < -0.39 is 0 Å². The van der Waals surface area contributed by atoms with E-state index in [0.717, 1.165) is 22.4 Å². The molecule has 1 aliphatic rings. The Balaban J connectivity index is 1.50. The lowest BCUT2D eigenvalue weighted by molar-refractivity contribution is -0.124. The van der Waals surface area contributed by atoms with Crippen LogP contribution in [0.15, 0.2) is 47.4 Å². The van der Waals surface area contributed by atoms with Crippen LogP contribution in [0.5, 0.6) is 11.5 Å². The number of hydrogen-bond acceptors (Lipinski definition) is 6. The molecule has 3 rings (SSSR count). The molecule has 2 aromatic carbocycles. The van der Waals surface area contributed by atoms with E-state index in [1.807, 2.05) is 56.3 Å². The van der Waals surface area contributed by atoms with Crippen molar-refractivity contribution in [3.8, 4) is 11.5 Å². The zero-order valence-corrected chi connectivity index (χ0v) is 19.3. The number of hydrogen-bond donors (Lipinski definition) is 1. The van der Waals surface area contributed by atoms with E-state index in [0.29, 0.717) is 21.5 Å². The number of thioether (sulfide) groups is 1. The molecular weight excluding hydrogens is 432 g/mol. The third-order valence-corrected chi connectivity index (χ3v) is 6.21. The van der Waals surface area contributed by atoms with Crippen LogP contribution in [0.2, 0.25) is 0 Å². The van der Waals surface area contributed by atoms with Crippen molar-refractivity contribution >= 4 is 46.2 Å². The van der Waals surface area contributed by atoms with Gasteiger partial charge in [0.15, 0.2) is 6.61 Å². The minimum absolute atomic E-state index is 0.0849. The molecule has 31 heavy (non-hydrogen) atoms. The second-order valence-corrected chi connectivity index (χ2v) is 8.62. The SMILES string of the molecule is COc1cccc(/C=C2/SC(=S)N(CCNC(=O)COc3cccc(C)c3C)C2=O)c1. The standard InChI is InChI=1S/C23H24N2O4S2/c1-15-6-4-9-19(16(15)2)29-14-21(26)24-10-11-25-22(27)20(31-23(25)30)13-17-7-5-8-18(12-17)28-3/h4-9,12-13H,10-11,14H2,1-3H3,(H,24,26)/b20-13+. The Bertz CT molecular complexity index is 1040. The maximum absolute atomic E-state index is 12.7. The molecule has 0 unspecified atom stereocenters. The number of thiocarbonyl (C=S) groups is 1. The second kappa shape index (κ2) is 10.5. The molecule has 0 aromatic heterocycles. The highest BCUT2D eigenvalue weighted by Gasteiger charge is 2.31. The van der Waals surface area contributed by atoms with Crippen LogP contribution < -0.4 is 14.8 Å². The number of amides is 2. The third kappa shape index (κ3) is 5.86. The highest BCUT2D eigenvalue weighted by atomic mass is 32.2. The first-order valence-electron chi connectivity index (χ1n) is 9.74. The van der Waals surface area contributed by atoms with Gasteiger partial charge in [-0.3, -0.25) is 14.5 Å². The van der Waals surface area contributed by atoms with E-state index in [1.165, 1.54) is 16.7 Å². The molecule has 0 spiro atoms. The summed E-state index contributed by atoms with van der Waals surface area (Å²) >= 11 is 6.60. The first kappa shape index (κ1) is 22.8.